The zero-order valence-electron chi connectivity index (χ0n) is 12.3. The SMILES string of the molecule is CCc1nc2ccccc2n1CCC(C)(NC)C(N)=O. The van der Waals surface area contributed by atoms with E-state index in [-0.39, 0.29) is 5.91 Å². The molecule has 1 unspecified atom stereocenters. The van der Waals surface area contributed by atoms with Crippen molar-refractivity contribution in [2.75, 3.05) is 7.05 Å². The second-order valence-electron chi connectivity index (χ2n) is 5.22. The number of carbonyl (C=O) groups is 1. The first-order valence-electron chi connectivity index (χ1n) is 6.95. The predicted molar refractivity (Wildman–Crippen MR) is 80.4 cm³/mol. The van der Waals surface area contributed by atoms with Gasteiger partial charge >= 0.3 is 0 Å². The fraction of sp³-hybridized carbons (Fsp3) is 0.467. The van der Waals surface area contributed by atoms with Gasteiger partial charge in [-0.3, -0.25) is 4.79 Å². The van der Waals surface area contributed by atoms with Gasteiger partial charge in [-0.15, -0.1) is 0 Å². The van der Waals surface area contributed by atoms with Crippen molar-refractivity contribution in [1.29, 1.82) is 0 Å². The molecule has 2 rings (SSSR count). The highest BCUT2D eigenvalue weighted by Crippen LogP contribution is 2.19. The number of amides is 1. The van der Waals surface area contributed by atoms with Crippen LogP contribution < -0.4 is 11.1 Å². The van der Waals surface area contributed by atoms with Crippen molar-refractivity contribution in [3.63, 3.8) is 0 Å². The van der Waals surface area contributed by atoms with Gasteiger partial charge < -0.3 is 15.6 Å². The first-order valence-corrected chi connectivity index (χ1v) is 6.95. The number of para-hydroxylation sites is 2. The number of aromatic nitrogens is 2. The van der Waals surface area contributed by atoms with E-state index >= 15 is 0 Å². The number of hydrogen-bond acceptors (Lipinski definition) is 3. The lowest BCUT2D eigenvalue weighted by molar-refractivity contribution is -0.123. The van der Waals surface area contributed by atoms with Crippen LogP contribution in [-0.2, 0) is 17.8 Å². The Labute approximate surface area is 119 Å². The second kappa shape index (κ2) is 5.63. The van der Waals surface area contributed by atoms with Crippen LogP contribution in [0.2, 0.25) is 0 Å². The van der Waals surface area contributed by atoms with E-state index in [1.54, 1.807) is 7.05 Å². The number of hydrogen-bond donors (Lipinski definition) is 2. The summed E-state index contributed by atoms with van der Waals surface area (Å²) < 4.78 is 2.17. The van der Waals surface area contributed by atoms with Crippen LogP contribution in [0.4, 0.5) is 0 Å². The van der Waals surface area contributed by atoms with Gasteiger partial charge in [-0.1, -0.05) is 19.1 Å². The van der Waals surface area contributed by atoms with E-state index in [2.05, 4.69) is 27.9 Å². The van der Waals surface area contributed by atoms with Crippen LogP contribution in [0.3, 0.4) is 0 Å². The molecule has 3 N–H and O–H groups in total. The third-order valence-electron chi connectivity index (χ3n) is 3.98. The van der Waals surface area contributed by atoms with Gasteiger partial charge in [-0.05, 0) is 32.5 Å². The van der Waals surface area contributed by atoms with Gasteiger partial charge in [0, 0.05) is 13.0 Å². The number of carbonyl (C=O) groups excluding carboxylic acids is 1. The van der Waals surface area contributed by atoms with E-state index in [1.165, 1.54) is 0 Å². The number of likely N-dealkylation sites (N-methyl/N-ethyl adjacent to an activating group) is 1. The molecule has 1 heterocycles. The minimum Gasteiger partial charge on any atom is -0.368 e. The Kier molecular flexibility index (Phi) is 4.09. The topological polar surface area (TPSA) is 72.9 Å². The Bertz CT molecular complexity index is 619. The van der Waals surface area contributed by atoms with E-state index in [9.17, 15) is 4.79 Å². The predicted octanol–water partition coefficient (Wildman–Crippen LogP) is 1.45. The maximum atomic E-state index is 11.6. The smallest absolute Gasteiger partial charge is 0.237 e. The van der Waals surface area contributed by atoms with E-state index < -0.39 is 5.54 Å². The molecule has 0 fully saturated rings. The number of aryl methyl sites for hydroxylation is 2. The van der Waals surface area contributed by atoms with Gasteiger partial charge in [0.05, 0.1) is 16.6 Å². The highest BCUT2D eigenvalue weighted by atomic mass is 16.1. The van der Waals surface area contributed by atoms with E-state index in [0.29, 0.717) is 13.0 Å². The molecular weight excluding hydrogens is 252 g/mol. The zero-order chi connectivity index (χ0) is 14.8. The van der Waals surface area contributed by atoms with Crippen LogP contribution in [0.25, 0.3) is 11.0 Å². The number of nitrogens with zero attached hydrogens (tertiary/aromatic N) is 2. The molecule has 0 aliphatic carbocycles. The molecule has 1 atom stereocenters. The van der Waals surface area contributed by atoms with Crippen LogP contribution in [0.5, 0.6) is 0 Å². The summed E-state index contributed by atoms with van der Waals surface area (Å²) in [5.41, 5.74) is 6.88. The average molecular weight is 274 g/mol. The summed E-state index contributed by atoms with van der Waals surface area (Å²) >= 11 is 0. The molecule has 0 spiro atoms. The molecule has 20 heavy (non-hydrogen) atoms. The maximum absolute atomic E-state index is 11.6. The summed E-state index contributed by atoms with van der Waals surface area (Å²) in [4.78, 5) is 16.2. The Morgan fingerprint density at radius 1 is 1.45 bits per heavy atom. The van der Waals surface area contributed by atoms with Crippen molar-refractivity contribution in [2.45, 2.75) is 38.8 Å². The average Bonchev–Trinajstić information content (AvgIpc) is 2.82. The van der Waals surface area contributed by atoms with Crippen molar-refractivity contribution in [3.8, 4) is 0 Å². The van der Waals surface area contributed by atoms with Gasteiger partial charge in [0.25, 0.3) is 0 Å². The number of benzene rings is 1. The number of rotatable bonds is 6. The molecule has 108 valence electrons. The fourth-order valence-electron chi connectivity index (χ4n) is 2.35. The third-order valence-corrected chi connectivity index (χ3v) is 3.98. The second-order valence-corrected chi connectivity index (χ2v) is 5.22. The molecule has 0 bridgehead atoms. The molecule has 2 aromatic rings. The van der Waals surface area contributed by atoms with Crippen molar-refractivity contribution in [2.24, 2.45) is 5.73 Å². The van der Waals surface area contributed by atoms with Gasteiger partial charge in [-0.2, -0.15) is 0 Å². The Balaban J connectivity index is 2.31. The Morgan fingerprint density at radius 2 is 2.15 bits per heavy atom. The van der Waals surface area contributed by atoms with Crippen molar-refractivity contribution >= 4 is 16.9 Å². The van der Waals surface area contributed by atoms with Crippen LogP contribution in [-0.4, -0.2) is 28.0 Å². The molecule has 0 radical (unpaired) electrons. The monoisotopic (exact) mass is 274 g/mol. The number of nitrogens with one attached hydrogen (secondary N) is 1. The molecule has 1 amide bonds. The van der Waals surface area contributed by atoms with Crippen LogP contribution in [0, 0.1) is 0 Å². The molecule has 0 saturated carbocycles. The highest BCUT2D eigenvalue weighted by molar-refractivity contribution is 5.84. The first kappa shape index (κ1) is 14.5. The summed E-state index contributed by atoms with van der Waals surface area (Å²) in [5, 5.41) is 3.02. The van der Waals surface area contributed by atoms with Crippen molar-refractivity contribution in [1.82, 2.24) is 14.9 Å². The summed E-state index contributed by atoms with van der Waals surface area (Å²) in [6.45, 7) is 4.63. The van der Waals surface area contributed by atoms with Crippen molar-refractivity contribution < 1.29 is 4.79 Å². The lowest BCUT2D eigenvalue weighted by Crippen LogP contribution is -2.52. The summed E-state index contributed by atoms with van der Waals surface area (Å²) in [5.74, 6) is 0.705. The Morgan fingerprint density at radius 3 is 2.75 bits per heavy atom. The minimum absolute atomic E-state index is 0.331. The lowest BCUT2D eigenvalue weighted by atomic mass is 9.97. The third kappa shape index (κ3) is 2.54. The van der Waals surface area contributed by atoms with Crippen LogP contribution in [0.15, 0.2) is 24.3 Å². The van der Waals surface area contributed by atoms with E-state index in [1.807, 2.05) is 25.1 Å². The van der Waals surface area contributed by atoms with Crippen molar-refractivity contribution in [3.05, 3.63) is 30.1 Å². The zero-order valence-corrected chi connectivity index (χ0v) is 12.3. The molecule has 1 aromatic heterocycles. The first-order chi connectivity index (χ1) is 9.51. The van der Waals surface area contributed by atoms with Crippen LogP contribution >= 0.6 is 0 Å². The molecule has 0 aliphatic rings. The molecular formula is C15H22N4O. The number of fused-ring (bicyclic) bond motifs is 1. The largest absolute Gasteiger partial charge is 0.368 e. The molecule has 5 nitrogen and oxygen atoms in total. The minimum atomic E-state index is -0.698. The number of imidazole rings is 1. The maximum Gasteiger partial charge on any atom is 0.237 e. The standard InChI is InChI=1S/C15H22N4O/c1-4-13-18-11-7-5-6-8-12(11)19(13)10-9-15(2,17-3)14(16)20/h5-8,17H,4,9-10H2,1-3H3,(H2,16,20). The quantitative estimate of drug-likeness (QED) is 0.837. The summed E-state index contributed by atoms with van der Waals surface area (Å²) in [7, 11) is 1.76. The summed E-state index contributed by atoms with van der Waals surface area (Å²) in [6, 6.07) is 8.06. The van der Waals surface area contributed by atoms with Gasteiger partial charge in [0.1, 0.15) is 5.82 Å². The molecule has 1 aromatic carbocycles. The molecule has 0 saturated heterocycles. The van der Waals surface area contributed by atoms with E-state index in [0.717, 1.165) is 23.3 Å². The van der Waals surface area contributed by atoms with E-state index in [4.69, 9.17) is 5.73 Å². The Hall–Kier alpha value is -1.88. The normalized spacial score (nSPS) is 14.3. The van der Waals surface area contributed by atoms with Gasteiger partial charge in [0.2, 0.25) is 5.91 Å². The lowest BCUT2D eigenvalue weighted by Gasteiger charge is -2.26. The summed E-state index contributed by atoms with van der Waals surface area (Å²) in [6.07, 6.45) is 1.49. The van der Waals surface area contributed by atoms with Gasteiger partial charge in [-0.25, -0.2) is 4.98 Å². The van der Waals surface area contributed by atoms with Gasteiger partial charge in [0.15, 0.2) is 0 Å². The molecule has 0 aliphatic heterocycles. The molecule has 5 heteroatoms. The fourth-order valence-corrected chi connectivity index (χ4v) is 2.35. The number of nitrogens with two attached hydrogens (primary N) is 1. The van der Waals surface area contributed by atoms with Crippen LogP contribution in [0.1, 0.15) is 26.1 Å². The highest BCUT2D eigenvalue weighted by Gasteiger charge is 2.29. The number of primary amides is 1.